The van der Waals surface area contributed by atoms with Crippen molar-refractivity contribution >= 4 is 39.9 Å². The van der Waals surface area contributed by atoms with E-state index in [0.29, 0.717) is 17.2 Å². The molecule has 0 saturated carbocycles. The lowest BCUT2D eigenvalue weighted by molar-refractivity contribution is -0.160. The molecule has 3 N–H and O–H groups in total. The second-order valence-corrected chi connectivity index (χ2v) is 7.88. The van der Waals surface area contributed by atoms with Crippen LogP contribution in [0.2, 0.25) is 0 Å². The molecule has 25 heavy (non-hydrogen) atoms. The highest BCUT2D eigenvalue weighted by atomic mass is 32.3. The Morgan fingerprint density at radius 3 is 2.64 bits per heavy atom. The Morgan fingerprint density at radius 2 is 2.12 bits per heavy atom. The number of fused-ring (bicyclic) bond motifs is 1. The summed E-state index contributed by atoms with van der Waals surface area (Å²) in [6.45, 7) is 3.05. The van der Waals surface area contributed by atoms with E-state index in [9.17, 15) is 27.9 Å². The highest BCUT2D eigenvalue weighted by Gasteiger charge is 2.57. The largest absolute Gasteiger partial charge is 0.477 e. The minimum atomic E-state index is -4.71. The fourth-order valence-electron chi connectivity index (χ4n) is 3.00. The number of carboxylic acid groups (broad SMARTS) is 1. The first-order valence-electron chi connectivity index (χ1n) is 7.35. The number of amides is 2. The number of carbonyl (C=O) groups excluding carboxylic acids is 2. The minimum absolute atomic E-state index is 0.127. The molecule has 2 rings (SSSR count). The van der Waals surface area contributed by atoms with Gasteiger partial charge >= 0.3 is 16.4 Å². The molecule has 140 valence electrons. The summed E-state index contributed by atoms with van der Waals surface area (Å²) in [6, 6.07) is -0.529. The average Bonchev–Trinajstić information content (AvgIpc) is 2.76. The molecule has 0 bridgehead atoms. The van der Waals surface area contributed by atoms with Gasteiger partial charge in [0.05, 0.1) is 18.1 Å². The second kappa shape index (κ2) is 7.32. The number of hydrogen-bond acceptors (Lipinski definition) is 7. The Balaban J connectivity index is 2.08. The first kappa shape index (κ1) is 19.7. The second-order valence-electron chi connectivity index (χ2n) is 5.64. The maximum Gasteiger partial charge on any atom is 0.397 e. The molecule has 0 aromatic rings. The van der Waals surface area contributed by atoms with Gasteiger partial charge in [0, 0.05) is 30.5 Å². The molecule has 0 aliphatic carbocycles. The van der Waals surface area contributed by atoms with Gasteiger partial charge in [0.15, 0.2) is 0 Å². The average molecular weight is 394 g/mol. The van der Waals surface area contributed by atoms with Gasteiger partial charge in [-0.05, 0) is 6.92 Å². The number of nitrogens with one attached hydrogen (secondary N) is 1. The van der Waals surface area contributed by atoms with Crippen LogP contribution in [-0.2, 0) is 29.0 Å². The van der Waals surface area contributed by atoms with Crippen LogP contribution in [0.3, 0.4) is 0 Å². The fourth-order valence-corrected chi connectivity index (χ4v) is 4.56. The summed E-state index contributed by atoms with van der Waals surface area (Å²) in [6.07, 6.45) is -0.857. The van der Waals surface area contributed by atoms with Gasteiger partial charge in [0.2, 0.25) is 11.8 Å². The number of hydrogen-bond donors (Lipinski definition) is 3. The molecular weight excluding hydrogens is 376 g/mol. The summed E-state index contributed by atoms with van der Waals surface area (Å²) in [4.78, 5) is 36.2. The zero-order valence-corrected chi connectivity index (χ0v) is 15.1. The Kier molecular flexibility index (Phi) is 5.76. The smallest absolute Gasteiger partial charge is 0.397 e. The molecule has 0 spiro atoms. The summed E-state index contributed by atoms with van der Waals surface area (Å²) in [7, 11) is -4.71. The van der Waals surface area contributed by atoms with Gasteiger partial charge in [0.25, 0.3) is 0 Å². The lowest BCUT2D eigenvalue weighted by Crippen LogP contribution is -2.62. The first-order valence-corrected chi connectivity index (χ1v) is 9.70. The third-order valence-corrected chi connectivity index (χ3v) is 5.57. The van der Waals surface area contributed by atoms with Gasteiger partial charge in [-0.2, -0.15) is 8.42 Å². The number of carbonyl (C=O) groups is 3. The zero-order valence-electron chi connectivity index (χ0n) is 13.5. The Bertz CT molecular complexity index is 732. The van der Waals surface area contributed by atoms with Crippen LogP contribution in [-0.4, -0.2) is 65.2 Å². The van der Waals surface area contributed by atoms with Crippen molar-refractivity contribution in [1.82, 2.24) is 10.2 Å². The van der Waals surface area contributed by atoms with E-state index < -0.39 is 40.3 Å². The van der Waals surface area contributed by atoms with E-state index in [2.05, 4.69) is 9.50 Å². The van der Waals surface area contributed by atoms with E-state index in [0.717, 1.165) is 4.90 Å². The number of aliphatic carboxylic acids is 1. The molecule has 1 saturated heterocycles. The molecule has 2 amide bonds. The summed E-state index contributed by atoms with van der Waals surface area (Å²) < 4.78 is 34.8. The standard InChI is InChI=1S/C13H18N2O8S2/c1-6(23-25(20,21)22)10-8-5-9(24-4-3-14-7(2)16)11(13(18)19)15(8)12(10)17/h6,8,10H,3-5H2,1-2H3,(H,14,16)(H,18,19)(H,20,21,22)/t6-,8+,10-/m0/s1. The van der Waals surface area contributed by atoms with Crippen LogP contribution >= 0.6 is 11.8 Å². The number of carboxylic acids is 1. The van der Waals surface area contributed by atoms with Gasteiger partial charge in [-0.15, -0.1) is 11.8 Å². The van der Waals surface area contributed by atoms with Crippen LogP contribution in [0.25, 0.3) is 0 Å². The SMILES string of the molecule is CC(=O)NCCSC1=C(C(=O)O)N2C(=O)[C@@H]([C@H](C)OS(=O)(=O)O)[C@H]2C1. The van der Waals surface area contributed by atoms with Gasteiger partial charge in [-0.25, -0.2) is 8.98 Å². The fraction of sp³-hybridized carbons (Fsp3) is 0.615. The van der Waals surface area contributed by atoms with Crippen molar-refractivity contribution in [3.05, 3.63) is 10.6 Å². The van der Waals surface area contributed by atoms with Crippen LogP contribution in [0.1, 0.15) is 20.3 Å². The van der Waals surface area contributed by atoms with Crippen molar-refractivity contribution < 1.29 is 36.6 Å². The van der Waals surface area contributed by atoms with Crippen LogP contribution in [0.15, 0.2) is 10.6 Å². The summed E-state index contributed by atoms with van der Waals surface area (Å²) in [5.41, 5.74) is -0.127. The molecule has 2 aliphatic rings. The lowest BCUT2D eigenvalue weighted by atomic mass is 9.83. The maximum atomic E-state index is 12.3. The topological polar surface area (TPSA) is 150 Å². The molecule has 0 radical (unpaired) electrons. The van der Waals surface area contributed by atoms with Crippen molar-refractivity contribution in [2.24, 2.45) is 5.92 Å². The lowest BCUT2D eigenvalue weighted by Gasteiger charge is -2.45. The van der Waals surface area contributed by atoms with Crippen LogP contribution in [0.4, 0.5) is 0 Å². The number of thioether (sulfide) groups is 1. The summed E-state index contributed by atoms with van der Waals surface area (Å²) in [5.74, 6) is -2.43. The first-order chi connectivity index (χ1) is 11.5. The summed E-state index contributed by atoms with van der Waals surface area (Å²) in [5, 5.41) is 12.0. The van der Waals surface area contributed by atoms with E-state index in [1.807, 2.05) is 0 Å². The van der Waals surface area contributed by atoms with Crippen molar-refractivity contribution in [3.63, 3.8) is 0 Å². The Hall–Kier alpha value is -1.63. The Labute approximate surface area is 148 Å². The monoisotopic (exact) mass is 394 g/mol. The van der Waals surface area contributed by atoms with E-state index in [1.165, 1.54) is 25.6 Å². The van der Waals surface area contributed by atoms with Crippen LogP contribution in [0.5, 0.6) is 0 Å². The zero-order chi connectivity index (χ0) is 18.9. The molecule has 0 aromatic heterocycles. The van der Waals surface area contributed by atoms with E-state index >= 15 is 0 Å². The molecule has 0 aromatic carbocycles. The van der Waals surface area contributed by atoms with Gasteiger partial charge in [0.1, 0.15) is 5.70 Å². The maximum absolute atomic E-state index is 12.3. The Morgan fingerprint density at radius 1 is 1.48 bits per heavy atom. The molecule has 1 fully saturated rings. The van der Waals surface area contributed by atoms with Crippen LogP contribution in [0, 0.1) is 5.92 Å². The highest BCUT2D eigenvalue weighted by molar-refractivity contribution is 8.03. The van der Waals surface area contributed by atoms with Gasteiger partial charge in [-0.1, -0.05) is 0 Å². The molecule has 0 unspecified atom stereocenters. The molecule has 12 heteroatoms. The minimum Gasteiger partial charge on any atom is -0.477 e. The van der Waals surface area contributed by atoms with E-state index in [-0.39, 0.29) is 18.0 Å². The van der Waals surface area contributed by atoms with Gasteiger partial charge in [-0.3, -0.25) is 14.1 Å². The van der Waals surface area contributed by atoms with Crippen molar-refractivity contribution in [3.8, 4) is 0 Å². The van der Waals surface area contributed by atoms with Crippen molar-refractivity contribution in [2.75, 3.05) is 12.3 Å². The van der Waals surface area contributed by atoms with Gasteiger partial charge < -0.3 is 15.3 Å². The number of nitrogens with zero attached hydrogens (tertiary/aromatic N) is 1. The normalized spacial score (nSPS) is 24.0. The third-order valence-electron chi connectivity index (χ3n) is 3.90. The molecule has 2 heterocycles. The van der Waals surface area contributed by atoms with E-state index in [4.69, 9.17) is 4.55 Å². The molecular formula is C13H18N2O8S2. The number of β-lactam (4-membered cyclic amide) rings is 1. The molecule has 3 atom stereocenters. The molecule has 10 nitrogen and oxygen atoms in total. The summed E-state index contributed by atoms with van der Waals surface area (Å²) >= 11 is 1.22. The van der Waals surface area contributed by atoms with Crippen LogP contribution < -0.4 is 5.32 Å². The van der Waals surface area contributed by atoms with Crippen molar-refractivity contribution in [2.45, 2.75) is 32.4 Å². The highest BCUT2D eigenvalue weighted by Crippen LogP contribution is 2.47. The molecule has 2 aliphatic heterocycles. The van der Waals surface area contributed by atoms with Crippen molar-refractivity contribution in [1.29, 1.82) is 0 Å². The van der Waals surface area contributed by atoms with E-state index in [1.54, 1.807) is 0 Å². The third kappa shape index (κ3) is 4.32. The number of rotatable bonds is 8. The quantitative estimate of drug-likeness (QED) is 0.283. The predicted molar refractivity (Wildman–Crippen MR) is 86.6 cm³/mol. The predicted octanol–water partition coefficient (Wildman–Crippen LogP) is -0.409.